The zero-order chi connectivity index (χ0) is 13.0. The summed E-state index contributed by atoms with van der Waals surface area (Å²) in [5, 5.41) is 0. The summed E-state index contributed by atoms with van der Waals surface area (Å²) in [4.78, 5) is 3.20. The number of hydrogen-bond donors (Lipinski definition) is 0. The van der Waals surface area contributed by atoms with Crippen molar-refractivity contribution in [1.29, 1.82) is 0 Å². The van der Waals surface area contributed by atoms with Crippen LogP contribution in [0.1, 0.15) is 5.56 Å². The van der Waals surface area contributed by atoms with Crippen molar-refractivity contribution in [2.75, 3.05) is 11.9 Å². The van der Waals surface area contributed by atoms with E-state index < -0.39 is 0 Å². The Labute approximate surface area is 118 Å². The first-order valence-corrected chi connectivity index (χ1v) is 6.96. The van der Waals surface area contributed by atoms with Crippen molar-refractivity contribution in [2.24, 2.45) is 0 Å². The maximum absolute atomic E-state index is 5.46. The Morgan fingerprint density at radius 1 is 1.00 bits per heavy atom. The molecule has 0 spiro atoms. The van der Waals surface area contributed by atoms with Gasteiger partial charge in [-0.3, -0.25) is 0 Å². The predicted molar refractivity (Wildman–Crippen MR) is 84.5 cm³/mol. The molecule has 0 fully saturated rings. The second-order valence-corrected chi connectivity index (χ2v) is 5.78. The second kappa shape index (κ2) is 6.03. The van der Waals surface area contributed by atoms with Gasteiger partial charge < -0.3 is 4.90 Å². The lowest BCUT2D eigenvalue weighted by Crippen LogP contribution is -2.21. The molecule has 0 heterocycles. The van der Waals surface area contributed by atoms with Crippen LogP contribution in [0.25, 0.3) is 0 Å². The van der Waals surface area contributed by atoms with E-state index in [4.69, 9.17) is 12.2 Å². The van der Waals surface area contributed by atoms with Crippen LogP contribution in [0.4, 0.5) is 5.69 Å². The van der Waals surface area contributed by atoms with Gasteiger partial charge in [0.2, 0.25) is 0 Å². The van der Waals surface area contributed by atoms with Crippen LogP contribution in [0.15, 0.2) is 59.5 Å². The van der Waals surface area contributed by atoms with Crippen molar-refractivity contribution in [3.63, 3.8) is 0 Å². The van der Waals surface area contributed by atoms with Crippen molar-refractivity contribution in [1.82, 2.24) is 0 Å². The molecular weight excluding hydrogens is 258 g/mol. The highest BCUT2D eigenvalue weighted by atomic mass is 32.2. The van der Waals surface area contributed by atoms with Gasteiger partial charge >= 0.3 is 0 Å². The van der Waals surface area contributed by atoms with Gasteiger partial charge in [-0.2, -0.15) is 0 Å². The third-order valence-corrected chi connectivity index (χ3v) is 4.12. The quantitative estimate of drug-likeness (QED) is 0.585. The number of thiocarbonyl (C=S) groups is 1. The first-order valence-electron chi connectivity index (χ1n) is 5.74. The number of thioether (sulfide) groups is 1. The molecule has 92 valence electrons. The summed E-state index contributed by atoms with van der Waals surface area (Å²) in [5.41, 5.74) is 2.38. The van der Waals surface area contributed by atoms with E-state index in [1.807, 2.05) is 30.1 Å². The molecule has 0 saturated heterocycles. The van der Waals surface area contributed by atoms with E-state index in [0.29, 0.717) is 0 Å². The summed E-state index contributed by atoms with van der Waals surface area (Å²) in [6.07, 6.45) is 0. The number of anilines is 1. The van der Waals surface area contributed by atoms with E-state index in [-0.39, 0.29) is 0 Å². The van der Waals surface area contributed by atoms with Crippen molar-refractivity contribution in [3.05, 3.63) is 60.2 Å². The highest BCUT2D eigenvalue weighted by Crippen LogP contribution is 2.24. The SMILES string of the molecule is Cc1ccc(SC(=S)N(C)c2ccccc2)cc1. The van der Waals surface area contributed by atoms with Gasteiger partial charge in [0.1, 0.15) is 4.32 Å². The molecule has 0 saturated carbocycles. The van der Waals surface area contributed by atoms with Crippen molar-refractivity contribution in [3.8, 4) is 0 Å². The van der Waals surface area contributed by atoms with Crippen LogP contribution in [0, 0.1) is 6.92 Å². The van der Waals surface area contributed by atoms with E-state index in [1.54, 1.807) is 11.8 Å². The highest BCUT2D eigenvalue weighted by Gasteiger charge is 2.07. The van der Waals surface area contributed by atoms with Gasteiger partial charge in [-0.05, 0) is 31.2 Å². The van der Waals surface area contributed by atoms with E-state index in [2.05, 4.69) is 43.3 Å². The Balaban J connectivity index is 2.06. The van der Waals surface area contributed by atoms with Gasteiger partial charge in [0.05, 0.1) is 0 Å². The molecule has 2 aromatic rings. The molecule has 3 heteroatoms. The van der Waals surface area contributed by atoms with Crippen LogP contribution in [0.3, 0.4) is 0 Å². The Morgan fingerprint density at radius 2 is 1.61 bits per heavy atom. The molecule has 0 unspecified atom stereocenters. The largest absolute Gasteiger partial charge is 0.330 e. The minimum Gasteiger partial charge on any atom is -0.330 e. The van der Waals surface area contributed by atoms with Gasteiger partial charge in [0, 0.05) is 17.6 Å². The molecule has 18 heavy (non-hydrogen) atoms. The lowest BCUT2D eigenvalue weighted by molar-refractivity contribution is 1.31. The minimum absolute atomic E-state index is 0.852. The van der Waals surface area contributed by atoms with Crippen LogP contribution < -0.4 is 4.90 Å². The molecule has 0 atom stereocenters. The standard InChI is InChI=1S/C15H15NS2/c1-12-8-10-14(11-9-12)18-15(17)16(2)13-6-4-3-5-7-13/h3-11H,1-2H3. The van der Waals surface area contributed by atoms with E-state index in [9.17, 15) is 0 Å². The Bertz CT molecular complexity index is 520. The lowest BCUT2D eigenvalue weighted by Gasteiger charge is -2.19. The van der Waals surface area contributed by atoms with Gasteiger partial charge in [-0.1, -0.05) is 59.9 Å². The highest BCUT2D eigenvalue weighted by molar-refractivity contribution is 8.23. The fourth-order valence-electron chi connectivity index (χ4n) is 1.53. The third-order valence-electron chi connectivity index (χ3n) is 2.64. The predicted octanol–water partition coefficient (Wildman–Crippen LogP) is 4.51. The van der Waals surface area contributed by atoms with Gasteiger partial charge in [-0.15, -0.1) is 0 Å². The number of para-hydroxylation sites is 1. The smallest absolute Gasteiger partial charge is 0.145 e. The zero-order valence-electron chi connectivity index (χ0n) is 10.5. The van der Waals surface area contributed by atoms with Gasteiger partial charge in [0.15, 0.2) is 0 Å². The van der Waals surface area contributed by atoms with E-state index in [1.165, 1.54) is 10.5 Å². The fraction of sp³-hybridized carbons (Fsp3) is 0.133. The molecule has 1 nitrogen and oxygen atoms in total. The third kappa shape index (κ3) is 3.34. The topological polar surface area (TPSA) is 3.24 Å². The van der Waals surface area contributed by atoms with E-state index >= 15 is 0 Å². The monoisotopic (exact) mass is 273 g/mol. The summed E-state index contributed by atoms with van der Waals surface area (Å²) >= 11 is 7.08. The average molecular weight is 273 g/mol. The summed E-state index contributed by atoms with van der Waals surface area (Å²) in [6, 6.07) is 18.6. The summed E-state index contributed by atoms with van der Waals surface area (Å²) in [6.45, 7) is 2.09. The zero-order valence-corrected chi connectivity index (χ0v) is 12.1. The van der Waals surface area contributed by atoms with Crippen LogP contribution in [-0.2, 0) is 0 Å². The Kier molecular flexibility index (Phi) is 4.39. The maximum atomic E-state index is 5.46. The molecule has 0 radical (unpaired) electrons. The summed E-state index contributed by atoms with van der Waals surface area (Å²) < 4.78 is 0.852. The lowest BCUT2D eigenvalue weighted by atomic mass is 10.2. The fourth-order valence-corrected chi connectivity index (χ4v) is 2.64. The molecule has 2 aromatic carbocycles. The van der Waals surface area contributed by atoms with Crippen LogP contribution in [0.5, 0.6) is 0 Å². The summed E-state index contributed by atoms with van der Waals surface area (Å²) in [5.74, 6) is 0. The molecule has 0 bridgehead atoms. The molecule has 2 rings (SSSR count). The average Bonchev–Trinajstić information content (AvgIpc) is 2.41. The second-order valence-electron chi connectivity index (χ2n) is 4.08. The van der Waals surface area contributed by atoms with Crippen molar-refractivity contribution < 1.29 is 0 Å². The number of benzene rings is 2. The molecule has 0 aliphatic heterocycles. The van der Waals surface area contributed by atoms with Crippen LogP contribution in [0.2, 0.25) is 0 Å². The maximum Gasteiger partial charge on any atom is 0.145 e. The number of hydrogen-bond acceptors (Lipinski definition) is 2. The summed E-state index contributed by atoms with van der Waals surface area (Å²) in [7, 11) is 2.00. The van der Waals surface area contributed by atoms with Crippen molar-refractivity contribution >= 4 is 34.0 Å². The van der Waals surface area contributed by atoms with Crippen molar-refractivity contribution in [2.45, 2.75) is 11.8 Å². The van der Waals surface area contributed by atoms with Gasteiger partial charge in [-0.25, -0.2) is 0 Å². The Morgan fingerprint density at radius 3 is 2.22 bits per heavy atom. The number of rotatable bonds is 2. The molecular formula is C15H15NS2. The van der Waals surface area contributed by atoms with Crippen LogP contribution >= 0.6 is 24.0 Å². The van der Waals surface area contributed by atoms with Gasteiger partial charge in [0.25, 0.3) is 0 Å². The number of aryl methyl sites for hydroxylation is 1. The molecule has 0 aromatic heterocycles. The first kappa shape index (κ1) is 13.1. The minimum atomic E-state index is 0.852. The first-order chi connectivity index (χ1) is 8.66. The normalized spacial score (nSPS) is 10.1. The molecule has 0 N–H and O–H groups in total. The Hall–Kier alpha value is -1.32. The van der Waals surface area contributed by atoms with E-state index in [0.717, 1.165) is 10.0 Å². The number of nitrogens with zero attached hydrogens (tertiary/aromatic N) is 1. The molecule has 0 amide bonds. The molecule has 0 aliphatic rings. The molecule has 0 aliphatic carbocycles. The van der Waals surface area contributed by atoms with Crippen LogP contribution in [-0.4, -0.2) is 11.4 Å².